The molecule has 0 spiro atoms. The second-order valence-electron chi connectivity index (χ2n) is 4.41. The molecular weight excluding hydrogens is 287 g/mol. The van der Waals surface area contributed by atoms with Crippen molar-refractivity contribution in [2.75, 3.05) is 24.5 Å². The maximum Gasteiger partial charge on any atom is 0.0455 e. The van der Waals surface area contributed by atoms with E-state index in [1.165, 1.54) is 15.8 Å². The van der Waals surface area contributed by atoms with Gasteiger partial charge in [0.25, 0.3) is 0 Å². The predicted octanol–water partition coefficient (Wildman–Crippen LogP) is 3.54. The van der Waals surface area contributed by atoms with E-state index in [1.807, 2.05) is 11.3 Å². The molecule has 1 aliphatic rings. The Kier molecular flexibility index (Phi) is 5.73. The number of thiophene rings is 1. The van der Waals surface area contributed by atoms with E-state index in [1.54, 1.807) is 0 Å². The number of anilines is 1. The molecule has 1 N–H and O–H groups in total. The van der Waals surface area contributed by atoms with Gasteiger partial charge in [-0.2, -0.15) is 0 Å². The lowest BCUT2D eigenvalue weighted by Gasteiger charge is -2.34. The predicted molar refractivity (Wildman–Crippen MR) is 86.0 cm³/mol. The van der Waals surface area contributed by atoms with Crippen molar-refractivity contribution in [3.63, 3.8) is 0 Å². The minimum absolute atomic E-state index is 0. The van der Waals surface area contributed by atoms with Crippen LogP contribution in [0.25, 0.3) is 10.1 Å². The molecule has 3 rings (SSSR count). The van der Waals surface area contributed by atoms with Gasteiger partial charge in [0.05, 0.1) is 0 Å². The summed E-state index contributed by atoms with van der Waals surface area (Å²) in [5.41, 5.74) is 1.40. The molecule has 1 aromatic carbocycles. The lowest BCUT2D eigenvalue weighted by Crippen LogP contribution is -2.49. The zero-order valence-electron chi connectivity index (χ0n) is 10.3. The smallest absolute Gasteiger partial charge is 0.0455 e. The summed E-state index contributed by atoms with van der Waals surface area (Å²) >= 11 is 1.82. The molecule has 2 aromatic rings. The van der Waals surface area contributed by atoms with E-state index in [-0.39, 0.29) is 24.8 Å². The second-order valence-corrected chi connectivity index (χ2v) is 5.36. The zero-order chi connectivity index (χ0) is 11.0. The number of hydrogen-bond acceptors (Lipinski definition) is 3. The zero-order valence-corrected chi connectivity index (χ0v) is 12.7. The molecule has 100 valence electrons. The molecule has 2 heterocycles. The van der Waals surface area contributed by atoms with E-state index >= 15 is 0 Å². The third-order valence-corrected chi connectivity index (χ3v) is 4.06. The number of benzene rings is 1. The molecule has 1 unspecified atom stereocenters. The van der Waals surface area contributed by atoms with E-state index in [0.29, 0.717) is 6.04 Å². The van der Waals surface area contributed by atoms with Crippen molar-refractivity contribution in [1.82, 2.24) is 5.32 Å². The number of hydrogen-bond donors (Lipinski definition) is 1. The minimum Gasteiger partial charge on any atom is -0.368 e. The molecule has 5 heteroatoms. The van der Waals surface area contributed by atoms with Crippen LogP contribution in [0.1, 0.15) is 6.92 Å². The topological polar surface area (TPSA) is 15.3 Å². The SMILES string of the molecule is CC1CN(c2cccc3sccc23)CCN1.Cl.Cl. The number of rotatable bonds is 1. The molecule has 0 radical (unpaired) electrons. The van der Waals surface area contributed by atoms with Crippen LogP contribution in [0.2, 0.25) is 0 Å². The molecule has 18 heavy (non-hydrogen) atoms. The van der Waals surface area contributed by atoms with Crippen molar-refractivity contribution in [3.05, 3.63) is 29.6 Å². The Morgan fingerprint density at radius 2 is 2.11 bits per heavy atom. The molecule has 1 saturated heterocycles. The molecule has 0 amide bonds. The van der Waals surface area contributed by atoms with Gasteiger partial charge in [0.1, 0.15) is 0 Å². The van der Waals surface area contributed by atoms with Gasteiger partial charge in [-0.15, -0.1) is 36.2 Å². The van der Waals surface area contributed by atoms with Crippen molar-refractivity contribution < 1.29 is 0 Å². The molecule has 0 aliphatic carbocycles. The summed E-state index contributed by atoms with van der Waals surface area (Å²) < 4.78 is 1.39. The van der Waals surface area contributed by atoms with Crippen molar-refractivity contribution in [2.45, 2.75) is 13.0 Å². The summed E-state index contributed by atoms with van der Waals surface area (Å²) in [5, 5.41) is 7.07. The van der Waals surface area contributed by atoms with Crippen molar-refractivity contribution in [2.24, 2.45) is 0 Å². The Hall–Kier alpha value is -0.480. The van der Waals surface area contributed by atoms with Gasteiger partial charge in [0.15, 0.2) is 0 Å². The van der Waals surface area contributed by atoms with Crippen LogP contribution in [0.3, 0.4) is 0 Å². The van der Waals surface area contributed by atoms with Gasteiger partial charge in [-0.05, 0) is 30.5 Å². The number of halogens is 2. The number of nitrogens with one attached hydrogen (secondary N) is 1. The van der Waals surface area contributed by atoms with Crippen LogP contribution in [0.15, 0.2) is 29.6 Å². The highest BCUT2D eigenvalue weighted by Gasteiger charge is 2.17. The fourth-order valence-corrected chi connectivity index (χ4v) is 3.21. The number of nitrogens with zero attached hydrogens (tertiary/aromatic N) is 1. The molecule has 1 fully saturated rings. The average Bonchev–Trinajstić information content (AvgIpc) is 2.76. The lowest BCUT2D eigenvalue weighted by molar-refractivity contribution is 0.485. The Labute approximate surface area is 124 Å². The first-order valence-corrected chi connectivity index (χ1v) is 6.67. The molecule has 0 bridgehead atoms. The molecule has 1 aliphatic heterocycles. The summed E-state index contributed by atoms with van der Waals surface area (Å²) in [5.74, 6) is 0. The number of piperazine rings is 1. The normalized spacial score (nSPS) is 19.2. The lowest BCUT2D eigenvalue weighted by atomic mass is 10.1. The van der Waals surface area contributed by atoms with Crippen LogP contribution < -0.4 is 10.2 Å². The Bertz CT molecular complexity index is 500. The first kappa shape index (κ1) is 15.6. The maximum atomic E-state index is 3.48. The largest absolute Gasteiger partial charge is 0.368 e. The third-order valence-electron chi connectivity index (χ3n) is 3.18. The van der Waals surface area contributed by atoms with Crippen LogP contribution >= 0.6 is 36.2 Å². The number of fused-ring (bicyclic) bond motifs is 1. The van der Waals surface area contributed by atoms with Gasteiger partial charge in [-0.3, -0.25) is 0 Å². The fourth-order valence-electron chi connectivity index (χ4n) is 2.40. The van der Waals surface area contributed by atoms with Gasteiger partial charge >= 0.3 is 0 Å². The highest BCUT2D eigenvalue weighted by atomic mass is 35.5. The molecular formula is C13H18Cl2N2S. The van der Waals surface area contributed by atoms with E-state index in [4.69, 9.17) is 0 Å². The molecule has 0 saturated carbocycles. The average molecular weight is 305 g/mol. The standard InChI is InChI=1S/C13H16N2S.2ClH/c1-10-9-15(7-6-14-10)12-3-2-4-13-11(12)5-8-16-13;;/h2-5,8,10,14H,6-7,9H2,1H3;2*1H. The van der Waals surface area contributed by atoms with Gasteiger partial charge in [-0.1, -0.05) is 6.07 Å². The van der Waals surface area contributed by atoms with Crippen LogP contribution in [-0.4, -0.2) is 25.7 Å². The summed E-state index contributed by atoms with van der Waals surface area (Å²) in [6, 6.07) is 9.44. The van der Waals surface area contributed by atoms with Crippen molar-refractivity contribution in [1.29, 1.82) is 0 Å². The Balaban J connectivity index is 0.000000810. The van der Waals surface area contributed by atoms with Gasteiger partial charge in [0.2, 0.25) is 0 Å². The molecule has 2 nitrogen and oxygen atoms in total. The third kappa shape index (κ3) is 2.91. The van der Waals surface area contributed by atoms with E-state index in [9.17, 15) is 0 Å². The van der Waals surface area contributed by atoms with Crippen LogP contribution in [0.4, 0.5) is 5.69 Å². The highest BCUT2D eigenvalue weighted by molar-refractivity contribution is 7.17. The van der Waals surface area contributed by atoms with Crippen molar-refractivity contribution in [3.8, 4) is 0 Å². The molecule has 1 atom stereocenters. The quantitative estimate of drug-likeness (QED) is 0.867. The summed E-state index contributed by atoms with van der Waals surface area (Å²) in [4.78, 5) is 2.50. The van der Waals surface area contributed by atoms with Crippen LogP contribution in [0, 0.1) is 0 Å². The highest BCUT2D eigenvalue weighted by Crippen LogP contribution is 2.30. The second kappa shape index (κ2) is 6.62. The fraction of sp³-hybridized carbons (Fsp3) is 0.385. The Morgan fingerprint density at radius 1 is 1.28 bits per heavy atom. The van der Waals surface area contributed by atoms with Gasteiger partial charge in [-0.25, -0.2) is 0 Å². The van der Waals surface area contributed by atoms with Crippen LogP contribution in [-0.2, 0) is 0 Å². The van der Waals surface area contributed by atoms with E-state index in [2.05, 4.69) is 46.8 Å². The summed E-state index contributed by atoms with van der Waals surface area (Å²) in [6.45, 7) is 5.55. The van der Waals surface area contributed by atoms with Gasteiger partial charge < -0.3 is 10.2 Å². The van der Waals surface area contributed by atoms with E-state index in [0.717, 1.165) is 19.6 Å². The van der Waals surface area contributed by atoms with Crippen molar-refractivity contribution >= 4 is 51.9 Å². The molecule has 1 aromatic heterocycles. The van der Waals surface area contributed by atoms with Gasteiger partial charge in [0, 0.05) is 41.4 Å². The van der Waals surface area contributed by atoms with E-state index < -0.39 is 0 Å². The first-order valence-electron chi connectivity index (χ1n) is 5.79. The maximum absolute atomic E-state index is 3.48. The summed E-state index contributed by atoms with van der Waals surface area (Å²) in [7, 11) is 0. The minimum atomic E-state index is 0. The Morgan fingerprint density at radius 3 is 2.89 bits per heavy atom. The first-order chi connectivity index (χ1) is 7.84. The monoisotopic (exact) mass is 304 g/mol. The summed E-state index contributed by atoms with van der Waals surface area (Å²) in [6.07, 6.45) is 0. The van der Waals surface area contributed by atoms with Crippen LogP contribution in [0.5, 0.6) is 0 Å².